The van der Waals surface area contributed by atoms with Crippen LogP contribution < -0.4 is 14.4 Å². The van der Waals surface area contributed by atoms with Crippen LogP contribution in [0.1, 0.15) is 37.3 Å². The van der Waals surface area contributed by atoms with Crippen LogP contribution in [0, 0.1) is 11.8 Å². The van der Waals surface area contributed by atoms with E-state index >= 15 is 0 Å². The van der Waals surface area contributed by atoms with Crippen LogP contribution in [-0.2, 0) is 37.3 Å². The Hall–Kier alpha value is -2.59. The highest BCUT2D eigenvalue weighted by molar-refractivity contribution is 7.90. The summed E-state index contributed by atoms with van der Waals surface area (Å²) in [4.78, 5) is 14.7. The Balaban J connectivity index is 1.53. The number of sulfonamides is 1. The number of amides is 1. The summed E-state index contributed by atoms with van der Waals surface area (Å²) < 4.78 is 47.2. The second kappa shape index (κ2) is 11.7. The van der Waals surface area contributed by atoms with Crippen LogP contribution >= 0.6 is 11.6 Å². The maximum Gasteiger partial charge on any atom is 0.264 e. The van der Waals surface area contributed by atoms with Crippen LogP contribution in [0.5, 0.6) is 5.75 Å². The number of hydrogen-bond acceptors (Lipinski definition) is 7. The molecule has 3 aliphatic rings. The Kier molecular flexibility index (Phi) is 8.28. The van der Waals surface area contributed by atoms with E-state index in [0.29, 0.717) is 55.7 Å². The topological polar surface area (TPSA) is 94.2 Å². The lowest BCUT2D eigenvalue weighted by molar-refractivity contribution is -0.121. The van der Waals surface area contributed by atoms with E-state index in [1.807, 2.05) is 29.2 Å². The first-order valence-corrected chi connectivity index (χ1v) is 14.9. The number of halogens is 1. The van der Waals surface area contributed by atoms with Gasteiger partial charge in [-0.2, -0.15) is 0 Å². The number of hydrogen-bond donors (Lipinski definition) is 1. The average molecular weight is 561 g/mol. The second-order valence-electron chi connectivity index (χ2n) is 10.1. The molecule has 0 saturated heterocycles. The fraction of sp³-hybridized carbons (Fsp3) is 0.464. The molecule has 38 heavy (non-hydrogen) atoms. The first-order chi connectivity index (χ1) is 18.3. The van der Waals surface area contributed by atoms with Crippen LogP contribution in [-0.4, -0.2) is 46.9 Å². The summed E-state index contributed by atoms with van der Waals surface area (Å²) in [5.41, 5.74) is 2.64. The summed E-state index contributed by atoms with van der Waals surface area (Å²) in [5, 5.41) is 0.655. The summed E-state index contributed by atoms with van der Waals surface area (Å²) in [6, 6.07) is 10.4. The Morgan fingerprint density at radius 3 is 2.76 bits per heavy atom. The number of carbonyl (C=O) groups is 1. The molecule has 204 valence electrons. The van der Waals surface area contributed by atoms with Gasteiger partial charge in [-0.1, -0.05) is 36.7 Å². The molecule has 2 bridgehead atoms. The van der Waals surface area contributed by atoms with E-state index < -0.39 is 21.8 Å². The molecule has 1 amide bonds. The third kappa shape index (κ3) is 6.17. The molecule has 1 saturated carbocycles. The van der Waals surface area contributed by atoms with E-state index in [1.54, 1.807) is 25.1 Å². The van der Waals surface area contributed by atoms with Crippen LogP contribution in [0.3, 0.4) is 0 Å². The van der Waals surface area contributed by atoms with Gasteiger partial charge in [0.15, 0.2) is 0 Å². The Morgan fingerprint density at radius 1 is 1.08 bits per heavy atom. The zero-order chi connectivity index (χ0) is 26.7. The van der Waals surface area contributed by atoms with Crippen LogP contribution in [0.4, 0.5) is 5.69 Å². The first-order valence-electron chi connectivity index (χ1n) is 13.0. The van der Waals surface area contributed by atoms with E-state index in [4.69, 9.17) is 25.8 Å². The minimum absolute atomic E-state index is 0.00932. The van der Waals surface area contributed by atoms with Crippen molar-refractivity contribution in [1.29, 1.82) is 0 Å². The molecular formula is C28H33ClN2O6S. The highest BCUT2D eigenvalue weighted by Crippen LogP contribution is 2.37. The Morgan fingerprint density at radius 2 is 1.95 bits per heavy atom. The molecule has 0 spiro atoms. The van der Waals surface area contributed by atoms with Crippen molar-refractivity contribution in [2.24, 2.45) is 11.8 Å². The predicted molar refractivity (Wildman–Crippen MR) is 145 cm³/mol. The molecule has 1 fully saturated rings. The van der Waals surface area contributed by atoms with Gasteiger partial charge in [0, 0.05) is 17.5 Å². The monoisotopic (exact) mass is 560 g/mol. The molecule has 0 radical (unpaired) electrons. The van der Waals surface area contributed by atoms with E-state index in [9.17, 15) is 13.2 Å². The van der Waals surface area contributed by atoms with Crippen molar-refractivity contribution in [3.63, 3.8) is 0 Å². The third-order valence-electron chi connectivity index (χ3n) is 7.39. The van der Waals surface area contributed by atoms with E-state index in [2.05, 4.69) is 4.72 Å². The molecule has 8 nitrogen and oxygen atoms in total. The number of carbonyl (C=O) groups excluding carboxylic acids is 1. The lowest BCUT2D eigenvalue weighted by atomic mass is 9.81. The number of ether oxygens (including phenoxy) is 3. The summed E-state index contributed by atoms with van der Waals surface area (Å²) in [6.07, 6.45) is 7.04. The summed E-state index contributed by atoms with van der Waals surface area (Å²) in [7, 11) is -4.10. The van der Waals surface area contributed by atoms with Gasteiger partial charge in [0.25, 0.3) is 10.0 Å². The highest BCUT2D eigenvalue weighted by Gasteiger charge is 2.34. The zero-order valence-electron chi connectivity index (χ0n) is 21.4. The van der Waals surface area contributed by atoms with Crippen molar-refractivity contribution < 1.29 is 27.4 Å². The molecule has 2 heterocycles. The number of nitrogens with zero attached hydrogens (tertiary/aromatic N) is 1. The van der Waals surface area contributed by atoms with Gasteiger partial charge in [-0.05, 0) is 67.1 Å². The summed E-state index contributed by atoms with van der Waals surface area (Å²) >= 11 is 6.24. The number of benzene rings is 2. The molecular weight excluding hydrogens is 528 g/mol. The van der Waals surface area contributed by atoms with Crippen molar-refractivity contribution in [2.45, 2.75) is 50.2 Å². The third-order valence-corrected chi connectivity index (χ3v) is 8.97. The van der Waals surface area contributed by atoms with Gasteiger partial charge in [-0.3, -0.25) is 4.79 Å². The largest absolute Gasteiger partial charge is 0.487 e. The molecule has 0 unspecified atom stereocenters. The first kappa shape index (κ1) is 27.0. The second-order valence-corrected chi connectivity index (χ2v) is 12.2. The number of fused-ring (bicyclic) bond motifs is 3. The Bertz CT molecular complexity index is 1310. The van der Waals surface area contributed by atoms with Crippen molar-refractivity contribution in [2.75, 3.05) is 31.4 Å². The lowest BCUT2D eigenvalue weighted by Gasteiger charge is -2.40. The van der Waals surface area contributed by atoms with Crippen molar-refractivity contribution >= 4 is 33.2 Å². The Labute approximate surface area is 228 Å². The maximum atomic E-state index is 13.2. The average Bonchev–Trinajstić information content (AvgIpc) is 2.90. The number of rotatable bonds is 0. The van der Waals surface area contributed by atoms with Gasteiger partial charge >= 0.3 is 0 Å². The molecule has 2 aromatic carbocycles. The van der Waals surface area contributed by atoms with E-state index in [1.165, 1.54) is 6.07 Å². The van der Waals surface area contributed by atoms with Gasteiger partial charge in [-0.25, -0.2) is 13.1 Å². The van der Waals surface area contributed by atoms with Gasteiger partial charge in [0.05, 0.1) is 35.8 Å². The molecule has 1 aliphatic carbocycles. The minimum atomic E-state index is -4.10. The molecule has 0 aromatic heterocycles. The summed E-state index contributed by atoms with van der Waals surface area (Å²) in [5.74, 6) is -0.368. The van der Waals surface area contributed by atoms with E-state index in [0.717, 1.165) is 24.0 Å². The van der Waals surface area contributed by atoms with Crippen molar-refractivity contribution in [3.05, 3.63) is 64.7 Å². The van der Waals surface area contributed by atoms with Gasteiger partial charge in [-0.15, -0.1) is 0 Å². The minimum Gasteiger partial charge on any atom is -0.487 e. The van der Waals surface area contributed by atoms with Gasteiger partial charge in [0.1, 0.15) is 19.1 Å². The van der Waals surface area contributed by atoms with Crippen LogP contribution in [0.15, 0.2) is 53.4 Å². The van der Waals surface area contributed by atoms with Crippen LogP contribution in [0.2, 0.25) is 5.02 Å². The fourth-order valence-electron chi connectivity index (χ4n) is 4.94. The summed E-state index contributed by atoms with van der Waals surface area (Å²) in [6.45, 7) is 3.87. The maximum absolute atomic E-state index is 13.2. The quantitative estimate of drug-likeness (QED) is 0.476. The normalized spacial score (nSPS) is 26.8. The molecule has 10 heteroatoms. The van der Waals surface area contributed by atoms with Crippen molar-refractivity contribution in [3.8, 4) is 5.75 Å². The SMILES string of the molecule is C[C@@H]1/C=C/CCO[C@@H]2CC[C@H]2CN2COCCc3cc(Cl)ccc3COc3ccc(cc32)S(=O)(=O)NC1=O. The number of anilines is 1. The number of nitrogens with one attached hydrogen (secondary N) is 1. The standard InChI is InChI=1S/C28H33ClN2O6S/c1-19-4-2-3-12-36-26-9-6-21(26)16-31-18-35-13-11-20-14-23(29)7-5-22(20)17-37-27-10-8-24(15-25(27)31)38(33,34)30-28(19)32/h2,4-5,7-8,10,14-15,19,21,26H,3,6,9,11-13,16-18H2,1H3,(H,30,32)/b4-2+/t19-,21+,26-/m1/s1. The predicted octanol–water partition coefficient (Wildman–Crippen LogP) is 4.45. The van der Waals surface area contributed by atoms with Crippen LogP contribution in [0.25, 0.3) is 0 Å². The molecule has 2 aliphatic heterocycles. The highest BCUT2D eigenvalue weighted by atomic mass is 35.5. The van der Waals surface area contributed by atoms with Gasteiger partial charge in [0.2, 0.25) is 5.91 Å². The molecule has 2 aromatic rings. The fourth-order valence-corrected chi connectivity index (χ4v) is 6.22. The molecule has 3 atom stereocenters. The van der Waals surface area contributed by atoms with Gasteiger partial charge < -0.3 is 19.1 Å². The lowest BCUT2D eigenvalue weighted by Crippen LogP contribution is -2.44. The molecule has 5 rings (SSSR count). The zero-order valence-corrected chi connectivity index (χ0v) is 23.0. The van der Waals surface area contributed by atoms with E-state index in [-0.39, 0.29) is 23.6 Å². The molecule has 1 N–H and O–H groups in total. The van der Waals surface area contributed by atoms with Crippen molar-refractivity contribution in [1.82, 2.24) is 4.72 Å². The smallest absolute Gasteiger partial charge is 0.264 e.